The lowest BCUT2D eigenvalue weighted by molar-refractivity contribution is -0.144. The van der Waals surface area contributed by atoms with Crippen LogP contribution in [0.25, 0.3) is 0 Å². The molecule has 0 aliphatic carbocycles. The summed E-state index contributed by atoms with van der Waals surface area (Å²) in [6.45, 7) is 2.63. The number of nitrogens with one attached hydrogen (secondary N) is 2. The minimum Gasteiger partial charge on any atom is -0.480 e. The van der Waals surface area contributed by atoms with E-state index in [-0.39, 0.29) is 12.3 Å². The predicted molar refractivity (Wildman–Crippen MR) is 83.6 cm³/mol. The number of carboxylic acid groups (broad SMARTS) is 1. The van der Waals surface area contributed by atoms with Crippen molar-refractivity contribution >= 4 is 17.8 Å². The number of aliphatic hydroxyl groups is 2. The largest absolute Gasteiger partial charge is 0.480 e. The molecule has 0 saturated carbocycles. The summed E-state index contributed by atoms with van der Waals surface area (Å²) in [5.41, 5.74) is 0. The molecule has 0 aliphatic rings. The number of carboxylic acids is 1. The predicted octanol–water partition coefficient (Wildman–Crippen LogP) is -0.226. The fourth-order valence-corrected chi connectivity index (χ4v) is 1.99. The van der Waals surface area contributed by atoms with Crippen LogP contribution in [0, 0.1) is 0 Å². The van der Waals surface area contributed by atoms with Crippen molar-refractivity contribution in [2.75, 3.05) is 6.61 Å². The molecule has 3 atom stereocenters. The molecule has 8 nitrogen and oxygen atoms in total. The molecule has 8 heteroatoms. The molecule has 0 radical (unpaired) electrons. The van der Waals surface area contributed by atoms with Crippen LogP contribution in [0.2, 0.25) is 0 Å². The highest BCUT2D eigenvalue weighted by molar-refractivity contribution is 5.90. The zero-order chi connectivity index (χ0) is 17.8. The van der Waals surface area contributed by atoms with E-state index in [1.807, 2.05) is 0 Å². The molecule has 0 aromatic rings. The number of aliphatic carboxylic acids is 1. The van der Waals surface area contributed by atoms with E-state index in [2.05, 4.69) is 17.6 Å². The Kier molecular flexibility index (Phi) is 11.0. The fraction of sp³-hybridized carbons (Fsp3) is 0.800. The van der Waals surface area contributed by atoms with Gasteiger partial charge in [0.15, 0.2) is 0 Å². The molecule has 0 aromatic heterocycles. The lowest BCUT2D eigenvalue weighted by Gasteiger charge is -2.22. The summed E-state index contributed by atoms with van der Waals surface area (Å²) < 4.78 is 0. The van der Waals surface area contributed by atoms with Crippen LogP contribution in [-0.2, 0) is 14.4 Å². The van der Waals surface area contributed by atoms with Gasteiger partial charge in [-0.05, 0) is 13.3 Å². The SMILES string of the molecule is CCCCCCCC(=O)N[C@@H](C(=O)N[C@H](CO)C(=O)O)[C@H](C)O. The highest BCUT2D eigenvalue weighted by Crippen LogP contribution is 2.05. The molecule has 0 spiro atoms. The monoisotopic (exact) mass is 332 g/mol. The average molecular weight is 332 g/mol. The van der Waals surface area contributed by atoms with Gasteiger partial charge in [0.1, 0.15) is 12.1 Å². The van der Waals surface area contributed by atoms with Crippen molar-refractivity contribution < 1.29 is 29.7 Å². The first-order valence-corrected chi connectivity index (χ1v) is 7.94. The van der Waals surface area contributed by atoms with Crippen LogP contribution >= 0.6 is 0 Å². The van der Waals surface area contributed by atoms with Crippen LogP contribution < -0.4 is 10.6 Å². The summed E-state index contributed by atoms with van der Waals surface area (Å²) >= 11 is 0. The molecule has 2 amide bonds. The summed E-state index contributed by atoms with van der Waals surface area (Å²) in [5, 5.41) is 31.8. The third-order valence-electron chi connectivity index (χ3n) is 3.39. The molecule has 5 N–H and O–H groups in total. The number of hydrogen-bond donors (Lipinski definition) is 5. The van der Waals surface area contributed by atoms with E-state index < -0.39 is 36.7 Å². The summed E-state index contributed by atoms with van der Waals surface area (Å²) in [7, 11) is 0. The molecule has 0 unspecified atom stereocenters. The summed E-state index contributed by atoms with van der Waals surface area (Å²) in [5.74, 6) is -2.62. The van der Waals surface area contributed by atoms with Crippen molar-refractivity contribution in [3.63, 3.8) is 0 Å². The molecule has 0 fully saturated rings. The molecule has 23 heavy (non-hydrogen) atoms. The summed E-state index contributed by atoms with van der Waals surface area (Å²) in [4.78, 5) is 34.5. The number of aliphatic hydroxyl groups excluding tert-OH is 2. The van der Waals surface area contributed by atoms with Crippen LogP contribution in [0.5, 0.6) is 0 Å². The lowest BCUT2D eigenvalue weighted by atomic mass is 10.1. The Balaban J connectivity index is 4.41. The van der Waals surface area contributed by atoms with E-state index in [1.54, 1.807) is 0 Å². The van der Waals surface area contributed by atoms with Crippen LogP contribution in [-0.4, -0.2) is 57.9 Å². The number of unbranched alkanes of at least 4 members (excludes halogenated alkanes) is 4. The van der Waals surface area contributed by atoms with E-state index in [4.69, 9.17) is 10.2 Å². The number of carbonyl (C=O) groups is 3. The van der Waals surface area contributed by atoms with Crippen molar-refractivity contribution in [3.05, 3.63) is 0 Å². The standard InChI is InChI=1S/C15H28N2O6/c1-3-4-5-6-7-8-12(20)17-13(10(2)19)14(21)16-11(9-18)15(22)23/h10-11,13,18-19H,3-9H2,1-2H3,(H,16,21)(H,17,20)(H,22,23)/t10-,11+,13+/m0/s1. The highest BCUT2D eigenvalue weighted by atomic mass is 16.4. The summed E-state index contributed by atoms with van der Waals surface area (Å²) in [6, 6.07) is -2.73. The average Bonchev–Trinajstić information content (AvgIpc) is 2.49. The van der Waals surface area contributed by atoms with Crippen molar-refractivity contribution in [1.82, 2.24) is 10.6 Å². The maximum atomic E-state index is 11.9. The van der Waals surface area contributed by atoms with Gasteiger partial charge in [-0.3, -0.25) is 9.59 Å². The first-order valence-electron chi connectivity index (χ1n) is 7.94. The molecule has 0 bridgehead atoms. The Bertz CT molecular complexity index is 386. The Morgan fingerprint density at radius 1 is 1.04 bits per heavy atom. The van der Waals surface area contributed by atoms with Gasteiger partial charge in [-0.15, -0.1) is 0 Å². The second kappa shape index (κ2) is 11.8. The number of carbonyl (C=O) groups excluding carboxylic acids is 2. The van der Waals surface area contributed by atoms with Gasteiger partial charge in [0.05, 0.1) is 12.7 Å². The Hall–Kier alpha value is -1.67. The number of hydrogen-bond acceptors (Lipinski definition) is 5. The highest BCUT2D eigenvalue weighted by Gasteiger charge is 2.29. The normalized spacial score (nSPS) is 14.6. The molecule has 0 saturated heterocycles. The van der Waals surface area contributed by atoms with Gasteiger partial charge in [0, 0.05) is 6.42 Å². The van der Waals surface area contributed by atoms with Gasteiger partial charge >= 0.3 is 5.97 Å². The van der Waals surface area contributed by atoms with Crippen LogP contribution in [0.1, 0.15) is 52.4 Å². The molecule has 0 rings (SSSR count). The minimum atomic E-state index is -1.48. The molecular weight excluding hydrogens is 304 g/mol. The van der Waals surface area contributed by atoms with E-state index in [1.165, 1.54) is 6.92 Å². The third-order valence-corrected chi connectivity index (χ3v) is 3.39. The molecule has 0 aromatic carbocycles. The maximum absolute atomic E-state index is 11.9. The molecule has 134 valence electrons. The van der Waals surface area contributed by atoms with Crippen LogP contribution in [0.3, 0.4) is 0 Å². The zero-order valence-electron chi connectivity index (χ0n) is 13.7. The second-order valence-corrected chi connectivity index (χ2v) is 5.53. The Morgan fingerprint density at radius 2 is 1.65 bits per heavy atom. The number of rotatable bonds is 12. The van der Waals surface area contributed by atoms with Crippen LogP contribution in [0.15, 0.2) is 0 Å². The molecule has 0 heterocycles. The molecular formula is C15H28N2O6. The Morgan fingerprint density at radius 3 is 2.13 bits per heavy atom. The second-order valence-electron chi connectivity index (χ2n) is 5.53. The fourth-order valence-electron chi connectivity index (χ4n) is 1.99. The smallest absolute Gasteiger partial charge is 0.328 e. The van der Waals surface area contributed by atoms with Crippen molar-refractivity contribution in [3.8, 4) is 0 Å². The lowest BCUT2D eigenvalue weighted by Crippen LogP contribution is -2.56. The van der Waals surface area contributed by atoms with Gasteiger partial charge in [-0.1, -0.05) is 32.6 Å². The first kappa shape index (κ1) is 21.3. The van der Waals surface area contributed by atoms with Gasteiger partial charge < -0.3 is 26.0 Å². The van der Waals surface area contributed by atoms with Gasteiger partial charge in [-0.25, -0.2) is 4.79 Å². The third kappa shape index (κ3) is 9.14. The zero-order valence-corrected chi connectivity index (χ0v) is 13.7. The van der Waals surface area contributed by atoms with Crippen molar-refractivity contribution in [1.29, 1.82) is 0 Å². The van der Waals surface area contributed by atoms with Crippen molar-refractivity contribution in [2.24, 2.45) is 0 Å². The van der Waals surface area contributed by atoms with Gasteiger partial charge in [0.25, 0.3) is 0 Å². The van der Waals surface area contributed by atoms with Gasteiger partial charge in [0.2, 0.25) is 11.8 Å². The van der Waals surface area contributed by atoms with Crippen LogP contribution in [0.4, 0.5) is 0 Å². The first-order chi connectivity index (χ1) is 10.8. The number of amides is 2. The minimum absolute atomic E-state index is 0.239. The van der Waals surface area contributed by atoms with Crippen molar-refractivity contribution in [2.45, 2.75) is 70.6 Å². The topological polar surface area (TPSA) is 136 Å². The molecule has 0 aliphatic heterocycles. The van der Waals surface area contributed by atoms with E-state index in [0.29, 0.717) is 6.42 Å². The summed E-state index contributed by atoms with van der Waals surface area (Å²) in [6.07, 6.45) is 3.91. The van der Waals surface area contributed by atoms with E-state index in [0.717, 1.165) is 25.7 Å². The van der Waals surface area contributed by atoms with E-state index >= 15 is 0 Å². The quantitative estimate of drug-likeness (QED) is 0.313. The Labute approximate surface area is 136 Å². The van der Waals surface area contributed by atoms with E-state index in [9.17, 15) is 19.5 Å². The maximum Gasteiger partial charge on any atom is 0.328 e. The van der Waals surface area contributed by atoms with Gasteiger partial charge in [-0.2, -0.15) is 0 Å².